The minimum Gasteiger partial charge on any atom is -0.423 e. The maximum Gasteiger partial charge on any atom is 0.416 e. The lowest BCUT2D eigenvalue weighted by atomic mass is 10.1. The molecule has 4 rings (SSSR count). The zero-order valence-electron chi connectivity index (χ0n) is 18.8. The molecule has 1 aromatic heterocycles. The minimum absolute atomic E-state index is 0.110. The molecule has 2 aliphatic rings. The molecule has 0 saturated carbocycles. The number of ether oxygens (including phenoxy) is 1. The first-order valence-electron chi connectivity index (χ1n) is 10.6. The van der Waals surface area contributed by atoms with Crippen molar-refractivity contribution in [3.8, 4) is 0 Å². The number of thioether (sulfide) groups is 1. The summed E-state index contributed by atoms with van der Waals surface area (Å²) in [6, 6.07) is 7.83. The Morgan fingerprint density at radius 2 is 1.97 bits per heavy atom. The summed E-state index contributed by atoms with van der Waals surface area (Å²) in [6.07, 6.45) is 1.79. The average molecular weight is 489 g/mol. The predicted octanol–water partition coefficient (Wildman–Crippen LogP) is 2.46. The molecular formula is C22H25FN6O4S. The van der Waals surface area contributed by atoms with Crippen LogP contribution >= 0.6 is 11.8 Å². The number of carbonyl (C=O) groups is 3. The van der Waals surface area contributed by atoms with E-state index in [0.29, 0.717) is 43.1 Å². The van der Waals surface area contributed by atoms with Crippen molar-refractivity contribution in [2.24, 2.45) is 0 Å². The maximum atomic E-state index is 15.0. The predicted molar refractivity (Wildman–Crippen MR) is 127 cm³/mol. The fourth-order valence-corrected chi connectivity index (χ4v) is 4.37. The summed E-state index contributed by atoms with van der Waals surface area (Å²) in [5.41, 5.74) is 6.90. The number of pyridine rings is 1. The van der Waals surface area contributed by atoms with Crippen LogP contribution in [0, 0.1) is 5.82 Å². The van der Waals surface area contributed by atoms with E-state index in [1.165, 1.54) is 22.1 Å². The second-order valence-electron chi connectivity index (χ2n) is 7.88. The molecule has 0 radical (unpaired) electrons. The van der Waals surface area contributed by atoms with Crippen LogP contribution in [0.2, 0.25) is 0 Å². The van der Waals surface area contributed by atoms with Gasteiger partial charge < -0.3 is 20.3 Å². The highest BCUT2D eigenvalue weighted by molar-refractivity contribution is 8.12. The zero-order chi connectivity index (χ0) is 24.4. The topological polar surface area (TPSA) is 112 Å². The molecule has 1 unspecified atom stereocenters. The normalized spacial score (nSPS) is 18.1. The molecule has 10 nitrogen and oxygen atoms in total. The van der Waals surface area contributed by atoms with Gasteiger partial charge in [0.25, 0.3) is 11.1 Å². The number of amides is 3. The second kappa shape index (κ2) is 9.75. The Balaban J connectivity index is 1.40. The SMILES string of the molecule is CSC(=O)N(C)C1CN(c2ccc(N3CCN(C(=O)c4cccnc4N)CC3)c(F)c2)C(=O)O1. The highest BCUT2D eigenvalue weighted by atomic mass is 32.2. The Morgan fingerprint density at radius 1 is 1.24 bits per heavy atom. The largest absolute Gasteiger partial charge is 0.423 e. The van der Waals surface area contributed by atoms with Gasteiger partial charge in [-0.05, 0) is 36.6 Å². The lowest BCUT2D eigenvalue weighted by molar-refractivity contribution is 0.0668. The number of benzene rings is 1. The molecule has 2 N–H and O–H groups in total. The summed E-state index contributed by atoms with van der Waals surface area (Å²) < 4.78 is 20.3. The van der Waals surface area contributed by atoms with Crippen molar-refractivity contribution in [2.75, 3.05) is 61.6 Å². The Morgan fingerprint density at radius 3 is 2.62 bits per heavy atom. The van der Waals surface area contributed by atoms with Crippen LogP contribution < -0.4 is 15.5 Å². The Bertz CT molecular complexity index is 1110. The van der Waals surface area contributed by atoms with Crippen LogP contribution in [0.15, 0.2) is 36.5 Å². The lowest BCUT2D eigenvalue weighted by Gasteiger charge is -2.36. The molecule has 2 aromatic rings. The van der Waals surface area contributed by atoms with E-state index < -0.39 is 18.1 Å². The molecule has 1 aromatic carbocycles. The first-order chi connectivity index (χ1) is 16.3. The van der Waals surface area contributed by atoms with Crippen molar-refractivity contribution in [3.63, 3.8) is 0 Å². The number of nitrogens with two attached hydrogens (primary N) is 1. The van der Waals surface area contributed by atoms with Crippen LogP contribution in [0.4, 0.5) is 31.2 Å². The van der Waals surface area contributed by atoms with Crippen LogP contribution in [0.25, 0.3) is 0 Å². The van der Waals surface area contributed by atoms with Crippen molar-refractivity contribution in [1.82, 2.24) is 14.8 Å². The number of hydrogen-bond donors (Lipinski definition) is 1. The molecule has 0 bridgehead atoms. The number of hydrogen-bond acceptors (Lipinski definition) is 8. The maximum absolute atomic E-state index is 15.0. The van der Waals surface area contributed by atoms with Crippen molar-refractivity contribution in [2.45, 2.75) is 6.23 Å². The van der Waals surface area contributed by atoms with Crippen LogP contribution in [-0.4, -0.2) is 84.3 Å². The molecule has 3 heterocycles. The van der Waals surface area contributed by atoms with E-state index in [1.54, 1.807) is 42.5 Å². The van der Waals surface area contributed by atoms with E-state index >= 15 is 4.39 Å². The van der Waals surface area contributed by atoms with Gasteiger partial charge in [-0.3, -0.25) is 19.4 Å². The number of cyclic esters (lactones) is 1. The molecule has 2 fully saturated rings. The quantitative estimate of drug-likeness (QED) is 0.699. The second-order valence-corrected chi connectivity index (χ2v) is 8.64. The van der Waals surface area contributed by atoms with Crippen molar-refractivity contribution in [3.05, 3.63) is 47.9 Å². The van der Waals surface area contributed by atoms with Crippen LogP contribution in [0.1, 0.15) is 10.4 Å². The van der Waals surface area contributed by atoms with E-state index in [9.17, 15) is 14.4 Å². The standard InChI is InChI=1S/C22H25FN6O4S/c1-26(22(32)34-2)18-13-29(21(31)33-18)14-5-6-17(16(23)12-14)27-8-10-28(11-9-27)20(30)15-4-3-7-25-19(15)24/h3-7,12,18H,8-11,13H2,1-2H3,(H2,24,25). The van der Waals surface area contributed by atoms with Gasteiger partial charge in [0.1, 0.15) is 11.6 Å². The van der Waals surface area contributed by atoms with E-state index in [1.807, 2.05) is 4.90 Å². The number of rotatable bonds is 4. The van der Waals surface area contributed by atoms with Gasteiger partial charge in [0.15, 0.2) is 6.23 Å². The summed E-state index contributed by atoms with van der Waals surface area (Å²) in [5, 5.41) is -0.231. The van der Waals surface area contributed by atoms with Crippen molar-refractivity contribution >= 4 is 46.2 Å². The third-order valence-electron chi connectivity index (χ3n) is 5.91. The van der Waals surface area contributed by atoms with E-state index in [4.69, 9.17) is 10.5 Å². The summed E-state index contributed by atoms with van der Waals surface area (Å²) in [7, 11) is 1.55. The van der Waals surface area contributed by atoms with Crippen LogP contribution in [0.5, 0.6) is 0 Å². The Kier molecular flexibility index (Phi) is 6.77. The van der Waals surface area contributed by atoms with Gasteiger partial charge >= 0.3 is 6.09 Å². The van der Waals surface area contributed by atoms with E-state index in [-0.39, 0.29) is 23.5 Å². The number of anilines is 3. The highest BCUT2D eigenvalue weighted by Crippen LogP contribution is 2.29. The first kappa shape index (κ1) is 23.6. The smallest absolute Gasteiger partial charge is 0.416 e. The number of nitrogens with zero attached hydrogens (tertiary/aromatic N) is 5. The minimum atomic E-state index is -0.741. The monoisotopic (exact) mass is 488 g/mol. The zero-order valence-corrected chi connectivity index (χ0v) is 19.6. The van der Waals surface area contributed by atoms with Gasteiger partial charge in [-0.25, -0.2) is 14.2 Å². The fourth-order valence-electron chi connectivity index (χ4n) is 3.96. The van der Waals surface area contributed by atoms with E-state index in [0.717, 1.165) is 11.8 Å². The third kappa shape index (κ3) is 4.58. The summed E-state index contributed by atoms with van der Waals surface area (Å²) in [6.45, 7) is 1.81. The fraction of sp³-hybridized carbons (Fsp3) is 0.364. The summed E-state index contributed by atoms with van der Waals surface area (Å²) in [5.74, 6) is -0.505. The molecular weight excluding hydrogens is 463 g/mol. The highest BCUT2D eigenvalue weighted by Gasteiger charge is 2.37. The van der Waals surface area contributed by atoms with Gasteiger partial charge in [0, 0.05) is 39.4 Å². The molecule has 2 saturated heterocycles. The summed E-state index contributed by atoms with van der Waals surface area (Å²) in [4.78, 5) is 47.0. The molecule has 12 heteroatoms. The molecule has 180 valence electrons. The van der Waals surface area contributed by atoms with E-state index in [2.05, 4.69) is 4.98 Å². The number of carbonyl (C=O) groups excluding carboxylic acids is 3. The van der Waals surface area contributed by atoms with Gasteiger partial charge in [0.2, 0.25) is 0 Å². The molecule has 0 spiro atoms. The Labute approximate surface area is 200 Å². The molecule has 2 aliphatic heterocycles. The lowest BCUT2D eigenvalue weighted by Crippen LogP contribution is -2.49. The van der Waals surface area contributed by atoms with Gasteiger partial charge in [-0.2, -0.15) is 0 Å². The molecule has 34 heavy (non-hydrogen) atoms. The number of likely N-dealkylation sites (N-methyl/N-ethyl adjacent to an activating group) is 1. The van der Waals surface area contributed by atoms with Crippen molar-refractivity contribution < 1.29 is 23.5 Å². The van der Waals surface area contributed by atoms with Crippen LogP contribution in [-0.2, 0) is 4.74 Å². The molecule has 3 amide bonds. The van der Waals surface area contributed by atoms with Gasteiger partial charge in [-0.1, -0.05) is 11.8 Å². The third-order valence-corrected chi connectivity index (χ3v) is 6.55. The van der Waals surface area contributed by atoms with Gasteiger partial charge in [-0.15, -0.1) is 0 Å². The number of nitrogen functional groups attached to an aromatic ring is 1. The first-order valence-corrected chi connectivity index (χ1v) is 11.9. The summed E-state index contributed by atoms with van der Waals surface area (Å²) >= 11 is 1.02. The van der Waals surface area contributed by atoms with Crippen LogP contribution in [0.3, 0.4) is 0 Å². The number of piperazine rings is 1. The molecule has 0 aliphatic carbocycles. The number of aromatic nitrogens is 1. The number of halogens is 1. The van der Waals surface area contributed by atoms with Gasteiger partial charge in [0.05, 0.1) is 23.5 Å². The van der Waals surface area contributed by atoms with Crippen molar-refractivity contribution in [1.29, 1.82) is 0 Å². The molecule has 1 atom stereocenters. The average Bonchev–Trinajstić information content (AvgIpc) is 3.24. The Hall–Kier alpha value is -3.54.